The van der Waals surface area contributed by atoms with Gasteiger partial charge < -0.3 is 0 Å². The van der Waals surface area contributed by atoms with Crippen molar-refractivity contribution in [1.29, 1.82) is 0 Å². The van der Waals surface area contributed by atoms with Gasteiger partial charge in [-0.05, 0) is 72.8 Å². The molecular weight excluding hydrogens is 660 g/mol. The third-order valence-corrected chi connectivity index (χ3v) is 11.2. The third kappa shape index (κ3) is 6.70. The highest BCUT2D eigenvalue weighted by molar-refractivity contribution is 9.10. The molecule has 2 heterocycles. The van der Waals surface area contributed by atoms with E-state index in [0.29, 0.717) is 11.0 Å². The van der Waals surface area contributed by atoms with Crippen LogP contribution in [-0.2, 0) is 20.0 Å². The molecule has 0 fully saturated rings. The molecule has 0 spiro atoms. The first-order valence-corrected chi connectivity index (χ1v) is 20.6. The Kier molecular flexibility index (Phi) is 8.54. The van der Waals surface area contributed by atoms with E-state index in [0.717, 1.165) is 20.8 Å². The molecule has 0 radical (unpaired) electrons. The van der Waals surface area contributed by atoms with Crippen LogP contribution in [0.3, 0.4) is 0 Å². The molecule has 0 saturated carbocycles. The molecule has 6 nitrogen and oxygen atoms in total. The van der Waals surface area contributed by atoms with Crippen LogP contribution in [0.2, 0.25) is 19.6 Å². The lowest BCUT2D eigenvalue weighted by molar-refractivity contribution is 0.587. The Bertz CT molecular complexity index is 2210. The first-order chi connectivity index (χ1) is 20.4. The molecular formula is C33H29BrN2O4S2Si. The Balaban J connectivity index is 0.000000176. The predicted octanol–water partition coefficient (Wildman–Crippen LogP) is 7.75. The number of aromatic nitrogens is 2. The maximum absolute atomic E-state index is 12.8. The van der Waals surface area contributed by atoms with Gasteiger partial charge in [-0.25, -0.2) is 24.8 Å². The monoisotopic (exact) mass is 688 g/mol. The minimum Gasteiger partial charge on any atom is -0.241 e. The van der Waals surface area contributed by atoms with Crippen molar-refractivity contribution >= 4 is 65.9 Å². The maximum Gasteiger partial charge on any atom is 0.268 e. The molecule has 10 heteroatoms. The normalized spacial score (nSPS) is 11.9. The van der Waals surface area contributed by atoms with Gasteiger partial charge in [-0.15, -0.1) is 5.54 Å². The largest absolute Gasteiger partial charge is 0.268 e. The average molecular weight is 690 g/mol. The van der Waals surface area contributed by atoms with Gasteiger partial charge in [0.25, 0.3) is 20.0 Å². The average Bonchev–Trinajstić information content (AvgIpc) is 3.62. The van der Waals surface area contributed by atoms with Gasteiger partial charge in [0.1, 0.15) is 8.07 Å². The van der Waals surface area contributed by atoms with E-state index in [-0.39, 0.29) is 9.79 Å². The summed E-state index contributed by atoms with van der Waals surface area (Å²) in [5.41, 5.74) is 5.58. The Morgan fingerprint density at radius 2 is 1.07 bits per heavy atom. The molecule has 6 aromatic rings. The predicted molar refractivity (Wildman–Crippen MR) is 180 cm³/mol. The minimum absolute atomic E-state index is 0.283. The summed E-state index contributed by atoms with van der Waals surface area (Å²) in [6, 6.07) is 31.7. The fourth-order valence-corrected chi connectivity index (χ4v) is 8.02. The highest BCUT2D eigenvalue weighted by Gasteiger charge is 2.19. The number of hydrogen-bond donors (Lipinski definition) is 0. The van der Waals surface area contributed by atoms with E-state index >= 15 is 0 Å². The van der Waals surface area contributed by atoms with Crippen LogP contribution in [0, 0.1) is 11.5 Å². The van der Waals surface area contributed by atoms with Crippen LogP contribution in [0.25, 0.3) is 21.8 Å². The summed E-state index contributed by atoms with van der Waals surface area (Å²) >= 11 is 3.38. The van der Waals surface area contributed by atoms with Crippen LogP contribution in [0.4, 0.5) is 0 Å². The first kappa shape index (κ1) is 30.6. The van der Waals surface area contributed by atoms with Crippen LogP contribution >= 0.6 is 15.9 Å². The number of nitrogens with zero attached hydrogens (tertiary/aromatic N) is 2. The zero-order chi connectivity index (χ0) is 30.8. The molecule has 0 unspecified atom stereocenters. The van der Waals surface area contributed by atoms with Crippen LogP contribution in [0.15, 0.2) is 136 Å². The van der Waals surface area contributed by atoms with Crippen LogP contribution < -0.4 is 0 Å². The molecule has 0 amide bonds. The van der Waals surface area contributed by atoms with E-state index in [4.69, 9.17) is 0 Å². The fourth-order valence-electron chi connectivity index (χ4n) is 4.37. The minimum atomic E-state index is -3.58. The molecule has 0 aliphatic heterocycles. The number of halogens is 1. The SMILES string of the molecule is C[Si](C)(C)C#Cc1ccc2c(ccn2S(=O)(=O)c2ccccc2)c1.O=S(=O)(c1ccccc1)n1ccc2cc(Br)ccc21. The van der Waals surface area contributed by atoms with Gasteiger partial charge in [-0.3, -0.25) is 0 Å². The summed E-state index contributed by atoms with van der Waals surface area (Å²) in [6.07, 6.45) is 3.18. The van der Waals surface area contributed by atoms with Crippen molar-refractivity contribution in [2.24, 2.45) is 0 Å². The second-order valence-corrected chi connectivity index (χ2v) is 20.1. The van der Waals surface area contributed by atoms with Crippen molar-refractivity contribution in [3.05, 3.63) is 132 Å². The van der Waals surface area contributed by atoms with Gasteiger partial charge in [0.15, 0.2) is 0 Å². The molecule has 0 bridgehead atoms. The van der Waals surface area contributed by atoms with Gasteiger partial charge in [0, 0.05) is 33.2 Å². The van der Waals surface area contributed by atoms with Gasteiger partial charge in [-0.2, -0.15) is 0 Å². The molecule has 0 N–H and O–H groups in total. The first-order valence-electron chi connectivity index (χ1n) is 13.4. The topological polar surface area (TPSA) is 78.1 Å². The molecule has 6 rings (SSSR count). The van der Waals surface area contributed by atoms with Gasteiger partial charge in [-0.1, -0.05) is 77.9 Å². The van der Waals surface area contributed by atoms with E-state index in [1.54, 1.807) is 85.2 Å². The van der Waals surface area contributed by atoms with E-state index in [2.05, 4.69) is 47.0 Å². The highest BCUT2D eigenvalue weighted by Crippen LogP contribution is 2.25. The molecule has 4 aromatic carbocycles. The zero-order valence-corrected chi connectivity index (χ0v) is 28.0. The van der Waals surface area contributed by atoms with Crippen LogP contribution in [0.1, 0.15) is 5.56 Å². The van der Waals surface area contributed by atoms with Gasteiger partial charge >= 0.3 is 0 Å². The van der Waals surface area contributed by atoms with Gasteiger partial charge in [0.05, 0.1) is 20.8 Å². The summed E-state index contributed by atoms with van der Waals surface area (Å²) in [7, 11) is -8.56. The van der Waals surface area contributed by atoms with E-state index < -0.39 is 28.1 Å². The molecule has 2 aromatic heterocycles. The van der Waals surface area contributed by atoms with Crippen molar-refractivity contribution in [3.63, 3.8) is 0 Å². The van der Waals surface area contributed by atoms with E-state index in [1.807, 2.05) is 36.4 Å². The molecule has 0 aliphatic rings. The molecule has 0 atom stereocenters. The van der Waals surface area contributed by atoms with Gasteiger partial charge in [0.2, 0.25) is 0 Å². The second kappa shape index (κ2) is 12.0. The molecule has 43 heavy (non-hydrogen) atoms. The summed E-state index contributed by atoms with van der Waals surface area (Å²) in [6.45, 7) is 6.59. The van der Waals surface area contributed by atoms with Crippen molar-refractivity contribution < 1.29 is 16.8 Å². The van der Waals surface area contributed by atoms with Crippen molar-refractivity contribution in [1.82, 2.24) is 7.94 Å². The van der Waals surface area contributed by atoms with Crippen LogP contribution in [-0.4, -0.2) is 32.9 Å². The number of hydrogen-bond acceptors (Lipinski definition) is 4. The summed E-state index contributed by atoms with van der Waals surface area (Å²) < 4.78 is 54.2. The summed E-state index contributed by atoms with van der Waals surface area (Å²) in [4.78, 5) is 0.570. The quantitative estimate of drug-likeness (QED) is 0.140. The molecule has 218 valence electrons. The number of benzene rings is 4. The van der Waals surface area contributed by atoms with Crippen molar-refractivity contribution in [3.8, 4) is 11.5 Å². The number of fused-ring (bicyclic) bond motifs is 2. The smallest absolute Gasteiger partial charge is 0.241 e. The fraction of sp³-hybridized carbons (Fsp3) is 0.0909. The van der Waals surface area contributed by atoms with E-state index in [1.165, 1.54) is 7.94 Å². The molecule has 0 aliphatic carbocycles. The third-order valence-electron chi connectivity index (χ3n) is 6.45. The van der Waals surface area contributed by atoms with Crippen LogP contribution in [0.5, 0.6) is 0 Å². The lowest BCUT2D eigenvalue weighted by Gasteiger charge is -2.07. The lowest BCUT2D eigenvalue weighted by Crippen LogP contribution is -2.16. The second-order valence-electron chi connectivity index (χ2n) is 10.8. The highest BCUT2D eigenvalue weighted by atomic mass is 79.9. The summed E-state index contributed by atoms with van der Waals surface area (Å²) in [5.74, 6) is 3.21. The Hall–Kier alpha value is -3.88. The molecule has 0 saturated heterocycles. The Morgan fingerprint density at radius 1 is 0.605 bits per heavy atom. The van der Waals surface area contributed by atoms with Crippen molar-refractivity contribution in [2.45, 2.75) is 29.4 Å². The van der Waals surface area contributed by atoms with E-state index in [9.17, 15) is 16.8 Å². The standard InChI is InChI=1S/C19H19NO2SSi.C14H10BrNO2S/c1-24(2,3)14-12-16-9-10-19-17(15-16)11-13-20(19)23(21,22)18-7-5-4-6-8-18;15-12-6-7-14-11(10-12)8-9-16(14)19(17,18)13-4-2-1-3-5-13/h4-11,13,15H,1-3H3;1-10H. The maximum atomic E-state index is 12.8. The lowest BCUT2D eigenvalue weighted by atomic mass is 10.2. The Morgan fingerprint density at radius 3 is 1.56 bits per heavy atom. The number of rotatable bonds is 4. The summed E-state index contributed by atoms with van der Waals surface area (Å²) in [5, 5.41) is 1.76. The zero-order valence-electron chi connectivity index (χ0n) is 23.8. The van der Waals surface area contributed by atoms with Crippen molar-refractivity contribution in [2.75, 3.05) is 0 Å². The Labute approximate surface area is 261 Å².